The van der Waals surface area contributed by atoms with Crippen LogP contribution in [0.15, 0.2) is 182 Å². The number of ether oxygens (including phenoxy) is 2. The van der Waals surface area contributed by atoms with Crippen molar-refractivity contribution in [2.24, 2.45) is 0 Å². The van der Waals surface area contributed by atoms with Gasteiger partial charge in [-0.05, 0) is 130 Å². The van der Waals surface area contributed by atoms with Crippen molar-refractivity contribution in [3.8, 4) is 11.5 Å². The van der Waals surface area contributed by atoms with Crippen LogP contribution in [0.1, 0.15) is 11.1 Å². The molecular formula is C48H38N2O2. The van der Waals surface area contributed by atoms with Crippen molar-refractivity contribution >= 4 is 67.8 Å². The summed E-state index contributed by atoms with van der Waals surface area (Å²) in [4.78, 5) is 4.58. The molecule has 0 aliphatic rings. The van der Waals surface area contributed by atoms with Crippen molar-refractivity contribution < 1.29 is 9.47 Å². The number of fused-ring (bicyclic) bond motifs is 2. The first kappa shape index (κ1) is 32.4. The van der Waals surface area contributed by atoms with Crippen molar-refractivity contribution in [3.63, 3.8) is 0 Å². The van der Waals surface area contributed by atoms with Crippen LogP contribution in [0.3, 0.4) is 0 Å². The van der Waals surface area contributed by atoms with Gasteiger partial charge in [0.05, 0.1) is 14.2 Å². The monoisotopic (exact) mass is 674 g/mol. The zero-order chi connectivity index (χ0) is 35.3. The molecule has 0 amide bonds. The first-order valence-corrected chi connectivity index (χ1v) is 17.4. The molecule has 0 bridgehead atoms. The van der Waals surface area contributed by atoms with E-state index in [1.54, 1.807) is 14.2 Å². The van der Waals surface area contributed by atoms with Crippen molar-refractivity contribution in [1.82, 2.24) is 0 Å². The Kier molecular flexibility index (Phi) is 9.10. The number of anilines is 6. The predicted octanol–water partition coefficient (Wildman–Crippen LogP) is 13.1. The number of methoxy groups -OCH3 is 2. The quantitative estimate of drug-likeness (QED) is 0.135. The summed E-state index contributed by atoms with van der Waals surface area (Å²) in [6, 6.07) is 63.9. The number of hydrogen-bond acceptors (Lipinski definition) is 4. The number of para-hydroxylation sites is 2. The van der Waals surface area contributed by atoms with Gasteiger partial charge in [-0.25, -0.2) is 0 Å². The Bertz CT molecular complexity index is 2300. The van der Waals surface area contributed by atoms with E-state index in [4.69, 9.17) is 9.47 Å². The molecule has 0 heterocycles. The van der Waals surface area contributed by atoms with Gasteiger partial charge in [0.25, 0.3) is 0 Å². The van der Waals surface area contributed by atoms with Crippen molar-refractivity contribution in [3.05, 3.63) is 193 Å². The molecule has 8 rings (SSSR count). The molecular weight excluding hydrogens is 637 g/mol. The van der Waals surface area contributed by atoms with E-state index in [2.05, 4.69) is 192 Å². The number of rotatable bonds is 10. The molecule has 252 valence electrons. The van der Waals surface area contributed by atoms with Gasteiger partial charge in [-0.3, -0.25) is 0 Å². The second-order valence-corrected chi connectivity index (χ2v) is 12.7. The molecule has 0 aliphatic carbocycles. The third-order valence-corrected chi connectivity index (χ3v) is 9.38. The SMILES string of the molecule is COc1ccc2cc(N(c3ccccc3)c3ccc(/C=C/c4ccc(N(c5ccccc5)c5ccc6cc(OC)ccc6c5)cc4)cc3)ccc2c1. The summed E-state index contributed by atoms with van der Waals surface area (Å²) in [7, 11) is 3.40. The first-order valence-electron chi connectivity index (χ1n) is 17.4. The molecule has 0 N–H and O–H groups in total. The standard InChI is InChI=1S/C48H38N2O2/c1-51-47-29-21-37-31-45(27-19-39(37)33-47)49(41-9-5-3-6-10-41)43-23-15-35(16-24-43)13-14-36-17-25-44(26-18-36)50(42-11-7-4-8-12-42)46-28-20-40-34-48(52-2)30-22-38(40)32-46/h3-34H,1-2H3/b14-13+. The van der Waals surface area contributed by atoms with Gasteiger partial charge in [-0.2, -0.15) is 0 Å². The highest BCUT2D eigenvalue weighted by atomic mass is 16.5. The predicted molar refractivity (Wildman–Crippen MR) is 219 cm³/mol. The van der Waals surface area contributed by atoms with Crippen LogP contribution in [0, 0.1) is 0 Å². The van der Waals surface area contributed by atoms with Crippen LogP contribution in [-0.2, 0) is 0 Å². The fraction of sp³-hybridized carbons (Fsp3) is 0.0417. The molecule has 52 heavy (non-hydrogen) atoms. The normalized spacial score (nSPS) is 11.2. The summed E-state index contributed by atoms with van der Waals surface area (Å²) < 4.78 is 10.9. The van der Waals surface area contributed by atoms with Gasteiger partial charge in [-0.15, -0.1) is 0 Å². The van der Waals surface area contributed by atoms with Gasteiger partial charge in [0.2, 0.25) is 0 Å². The Balaban J connectivity index is 1.05. The maximum atomic E-state index is 5.44. The summed E-state index contributed by atoms with van der Waals surface area (Å²) in [6.45, 7) is 0. The highest BCUT2D eigenvalue weighted by Gasteiger charge is 2.14. The smallest absolute Gasteiger partial charge is 0.119 e. The largest absolute Gasteiger partial charge is 0.497 e. The Morgan fingerprint density at radius 2 is 0.654 bits per heavy atom. The summed E-state index contributed by atoms with van der Waals surface area (Å²) in [5.41, 5.74) is 8.85. The lowest BCUT2D eigenvalue weighted by atomic mass is 10.1. The van der Waals surface area contributed by atoms with Crippen molar-refractivity contribution in [2.45, 2.75) is 0 Å². The van der Waals surface area contributed by atoms with Gasteiger partial charge >= 0.3 is 0 Å². The van der Waals surface area contributed by atoms with Gasteiger partial charge in [-0.1, -0.05) is 97.1 Å². The van der Waals surface area contributed by atoms with Crippen LogP contribution >= 0.6 is 0 Å². The third kappa shape index (κ3) is 6.83. The fourth-order valence-electron chi connectivity index (χ4n) is 6.66. The molecule has 0 fully saturated rings. The van der Waals surface area contributed by atoms with E-state index in [1.807, 2.05) is 12.1 Å². The van der Waals surface area contributed by atoms with Gasteiger partial charge < -0.3 is 19.3 Å². The average molecular weight is 675 g/mol. The second-order valence-electron chi connectivity index (χ2n) is 12.7. The highest BCUT2D eigenvalue weighted by Crippen LogP contribution is 2.38. The van der Waals surface area contributed by atoms with Crippen LogP contribution in [-0.4, -0.2) is 14.2 Å². The minimum atomic E-state index is 0.858. The van der Waals surface area contributed by atoms with E-state index in [-0.39, 0.29) is 0 Å². The van der Waals surface area contributed by atoms with Gasteiger partial charge in [0.15, 0.2) is 0 Å². The summed E-state index contributed by atoms with van der Waals surface area (Å²) in [5, 5.41) is 4.62. The second kappa shape index (κ2) is 14.6. The lowest BCUT2D eigenvalue weighted by molar-refractivity contribution is 0.415. The highest BCUT2D eigenvalue weighted by molar-refractivity contribution is 5.91. The number of hydrogen-bond donors (Lipinski definition) is 0. The van der Waals surface area contributed by atoms with Gasteiger partial charge in [0, 0.05) is 34.1 Å². The molecule has 4 nitrogen and oxygen atoms in total. The Morgan fingerprint density at radius 1 is 0.327 bits per heavy atom. The summed E-state index contributed by atoms with van der Waals surface area (Å²) in [5.74, 6) is 1.72. The van der Waals surface area contributed by atoms with Crippen LogP contribution in [0.5, 0.6) is 11.5 Å². The average Bonchev–Trinajstić information content (AvgIpc) is 3.21. The van der Waals surface area contributed by atoms with Crippen molar-refractivity contribution in [1.29, 1.82) is 0 Å². The van der Waals surface area contributed by atoms with E-state index >= 15 is 0 Å². The van der Waals surface area contributed by atoms with E-state index in [9.17, 15) is 0 Å². The maximum Gasteiger partial charge on any atom is 0.119 e. The Hall–Kier alpha value is -6.78. The van der Waals surface area contributed by atoms with E-state index in [0.29, 0.717) is 0 Å². The van der Waals surface area contributed by atoms with Crippen LogP contribution < -0.4 is 19.3 Å². The van der Waals surface area contributed by atoms with E-state index in [1.165, 1.54) is 0 Å². The molecule has 8 aromatic carbocycles. The third-order valence-electron chi connectivity index (χ3n) is 9.38. The molecule has 0 atom stereocenters. The molecule has 0 saturated carbocycles. The topological polar surface area (TPSA) is 24.9 Å². The first-order chi connectivity index (χ1) is 25.6. The number of benzene rings is 8. The van der Waals surface area contributed by atoms with Crippen molar-refractivity contribution in [2.75, 3.05) is 24.0 Å². The molecule has 0 unspecified atom stereocenters. The Labute approximate surface area is 305 Å². The lowest BCUT2D eigenvalue weighted by Gasteiger charge is -2.26. The van der Waals surface area contributed by atoms with Gasteiger partial charge in [0.1, 0.15) is 11.5 Å². The van der Waals surface area contributed by atoms with E-state index < -0.39 is 0 Å². The molecule has 4 heteroatoms. The summed E-state index contributed by atoms with van der Waals surface area (Å²) in [6.07, 6.45) is 4.34. The van der Waals surface area contributed by atoms with Crippen LogP contribution in [0.25, 0.3) is 33.7 Å². The van der Waals surface area contributed by atoms with E-state index in [0.717, 1.165) is 78.3 Å². The number of nitrogens with zero attached hydrogens (tertiary/aromatic N) is 2. The minimum Gasteiger partial charge on any atom is -0.497 e. The van der Waals surface area contributed by atoms with Crippen LogP contribution in [0.2, 0.25) is 0 Å². The molecule has 8 aromatic rings. The zero-order valence-electron chi connectivity index (χ0n) is 29.2. The fourth-order valence-corrected chi connectivity index (χ4v) is 6.66. The molecule has 0 saturated heterocycles. The van der Waals surface area contributed by atoms with Crippen LogP contribution in [0.4, 0.5) is 34.1 Å². The summed E-state index contributed by atoms with van der Waals surface area (Å²) >= 11 is 0. The molecule has 0 aliphatic heterocycles. The zero-order valence-corrected chi connectivity index (χ0v) is 29.2. The lowest BCUT2D eigenvalue weighted by Crippen LogP contribution is -2.09. The molecule has 0 radical (unpaired) electrons. The molecule has 0 spiro atoms. The minimum absolute atomic E-state index is 0.858. The maximum absolute atomic E-state index is 5.44. The Morgan fingerprint density at radius 3 is 1.04 bits per heavy atom. The molecule has 0 aromatic heterocycles.